The quantitative estimate of drug-likeness (QED) is 0.928. The highest BCUT2D eigenvalue weighted by molar-refractivity contribution is 6.02. The molecule has 0 unspecified atom stereocenters. The van der Waals surface area contributed by atoms with Crippen LogP contribution in [0.15, 0.2) is 36.3 Å². The third-order valence-electron chi connectivity index (χ3n) is 3.72. The van der Waals surface area contributed by atoms with E-state index in [1.165, 1.54) is 31.2 Å². The minimum absolute atomic E-state index is 0.223. The maximum absolute atomic E-state index is 12.0. The van der Waals surface area contributed by atoms with E-state index >= 15 is 0 Å². The van der Waals surface area contributed by atoms with Gasteiger partial charge in [0, 0.05) is 24.5 Å². The van der Waals surface area contributed by atoms with E-state index in [4.69, 9.17) is 9.47 Å². The van der Waals surface area contributed by atoms with Crippen molar-refractivity contribution >= 4 is 17.3 Å². The number of hydrogen-bond acceptors (Lipinski definition) is 4. The SMILES string of the molecule is O=C(Nc1ccc(N2CCCCC2)cc1)C1=COCCO1. The van der Waals surface area contributed by atoms with Gasteiger partial charge < -0.3 is 19.7 Å². The fourth-order valence-electron chi connectivity index (χ4n) is 2.59. The fraction of sp³-hybridized carbons (Fsp3) is 0.438. The Balaban J connectivity index is 1.61. The molecule has 0 bridgehead atoms. The van der Waals surface area contributed by atoms with Crippen molar-refractivity contribution in [3.05, 3.63) is 36.3 Å². The Morgan fingerprint density at radius 3 is 2.48 bits per heavy atom. The van der Waals surface area contributed by atoms with E-state index in [2.05, 4.69) is 10.2 Å². The first-order valence-electron chi connectivity index (χ1n) is 7.44. The van der Waals surface area contributed by atoms with E-state index in [1.54, 1.807) is 0 Å². The first-order chi connectivity index (χ1) is 10.3. The van der Waals surface area contributed by atoms with Crippen molar-refractivity contribution in [3.63, 3.8) is 0 Å². The molecule has 5 heteroatoms. The van der Waals surface area contributed by atoms with E-state index in [1.807, 2.05) is 24.3 Å². The number of anilines is 2. The van der Waals surface area contributed by atoms with Crippen LogP contribution in [0.25, 0.3) is 0 Å². The van der Waals surface area contributed by atoms with Crippen molar-refractivity contribution in [2.24, 2.45) is 0 Å². The van der Waals surface area contributed by atoms with Crippen LogP contribution in [0.4, 0.5) is 11.4 Å². The molecule has 1 N–H and O–H groups in total. The van der Waals surface area contributed by atoms with Crippen LogP contribution in [-0.2, 0) is 14.3 Å². The van der Waals surface area contributed by atoms with E-state index in [9.17, 15) is 4.79 Å². The molecule has 5 nitrogen and oxygen atoms in total. The third kappa shape index (κ3) is 3.48. The lowest BCUT2D eigenvalue weighted by Crippen LogP contribution is -2.29. The summed E-state index contributed by atoms with van der Waals surface area (Å²) in [6, 6.07) is 7.94. The highest BCUT2D eigenvalue weighted by Crippen LogP contribution is 2.22. The number of nitrogens with one attached hydrogen (secondary N) is 1. The fourth-order valence-corrected chi connectivity index (χ4v) is 2.59. The molecule has 0 saturated carbocycles. The summed E-state index contributed by atoms with van der Waals surface area (Å²) in [5, 5.41) is 2.81. The zero-order chi connectivity index (χ0) is 14.5. The second-order valence-corrected chi connectivity index (χ2v) is 5.25. The molecule has 0 aliphatic carbocycles. The Morgan fingerprint density at radius 2 is 1.81 bits per heavy atom. The van der Waals surface area contributed by atoms with Gasteiger partial charge in [0.1, 0.15) is 19.5 Å². The number of nitrogens with zero attached hydrogens (tertiary/aromatic N) is 1. The van der Waals surface area contributed by atoms with E-state index in [0.717, 1.165) is 18.8 Å². The Kier molecular flexibility index (Phi) is 4.28. The number of carbonyl (C=O) groups excluding carboxylic acids is 1. The molecule has 1 aromatic carbocycles. The molecule has 3 rings (SSSR count). The largest absolute Gasteiger partial charge is 0.494 e. The van der Waals surface area contributed by atoms with E-state index < -0.39 is 0 Å². The first-order valence-corrected chi connectivity index (χ1v) is 7.44. The van der Waals surface area contributed by atoms with Crippen LogP contribution < -0.4 is 10.2 Å². The summed E-state index contributed by atoms with van der Waals surface area (Å²) in [4.78, 5) is 14.3. The van der Waals surface area contributed by atoms with Gasteiger partial charge >= 0.3 is 0 Å². The third-order valence-corrected chi connectivity index (χ3v) is 3.72. The number of ether oxygens (including phenoxy) is 2. The van der Waals surface area contributed by atoms with Crippen LogP contribution in [0.5, 0.6) is 0 Å². The maximum atomic E-state index is 12.0. The summed E-state index contributed by atoms with van der Waals surface area (Å²) < 4.78 is 10.3. The van der Waals surface area contributed by atoms with Gasteiger partial charge in [-0.1, -0.05) is 0 Å². The summed E-state index contributed by atoms with van der Waals surface area (Å²) in [6.07, 6.45) is 5.19. The van der Waals surface area contributed by atoms with Crippen molar-refractivity contribution < 1.29 is 14.3 Å². The van der Waals surface area contributed by atoms with Gasteiger partial charge in [0.05, 0.1) is 0 Å². The maximum Gasteiger partial charge on any atom is 0.294 e. The van der Waals surface area contributed by atoms with Crippen LogP contribution in [0.2, 0.25) is 0 Å². The molecule has 0 atom stereocenters. The molecule has 1 amide bonds. The topological polar surface area (TPSA) is 50.8 Å². The van der Waals surface area contributed by atoms with Crippen molar-refractivity contribution in [1.82, 2.24) is 0 Å². The average Bonchev–Trinajstić information content (AvgIpc) is 2.57. The normalized spacial score (nSPS) is 18.3. The van der Waals surface area contributed by atoms with Crippen molar-refractivity contribution in [2.75, 3.05) is 36.5 Å². The number of carbonyl (C=O) groups is 1. The molecular formula is C16H20N2O3. The van der Waals surface area contributed by atoms with Gasteiger partial charge in [-0.25, -0.2) is 0 Å². The smallest absolute Gasteiger partial charge is 0.294 e. The number of amides is 1. The van der Waals surface area contributed by atoms with Gasteiger partial charge in [-0.05, 0) is 43.5 Å². The Morgan fingerprint density at radius 1 is 1.05 bits per heavy atom. The number of hydrogen-bond donors (Lipinski definition) is 1. The lowest BCUT2D eigenvalue weighted by molar-refractivity contribution is -0.117. The van der Waals surface area contributed by atoms with Gasteiger partial charge in [-0.15, -0.1) is 0 Å². The number of piperidine rings is 1. The monoisotopic (exact) mass is 288 g/mol. The van der Waals surface area contributed by atoms with Crippen LogP contribution in [0, 0.1) is 0 Å². The zero-order valence-electron chi connectivity index (χ0n) is 12.0. The van der Waals surface area contributed by atoms with Crippen molar-refractivity contribution in [3.8, 4) is 0 Å². The second-order valence-electron chi connectivity index (χ2n) is 5.25. The lowest BCUT2D eigenvalue weighted by atomic mass is 10.1. The summed E-state index contributed by atoms with van der Waals surface area (Å²) >= 11 is 0. The van der Waals surface area contributed by atoms with Gasteiger partial charge in [0.15, 0.2) is 0 Å². The molecule has 21 heavy (non-hydrogen) atoms. The van der Waals surface area contributed by atoms with Gasteiger partial charge in [0.2, 0.25) is 5.76 Å². The van der Waals surface area contributed by atoms with Crippen LogP contribution in [-0.4, -0.2) is 32.2 Å². The summed E-state index contributed by atoms with van der Waals surface area (Å²) in [6.45, 7) is 3.13. The second kappa shape index (κ2) is 6.52. The minimum atomic E-state index is -0.277. The zero-order valence-corrected chi connectivity index (χ0v) is 12.0. The predicted molar refractivity (Wildman–Crippen MR) is 81.1 cm³/mol. The van der Waals surface area contributed by atoms with Crippen molar-refractivity contribution in [2.45, 2.75) is 19.3 Å². The van der Waals surface area contributed by atoms with Crippen LogP contribution >= 0.6 is 0 Å². The summed E-state index contributed by atoms with van der Waals surface area (Å²) in [5.74, 6) is -0.0539. The molecule has 112 valence electrons. The molecule has 1 saturated heterocycles. The number of benzene rings is 1. The molecular weight excluding hydrogens is 268 g/mol. The first kappa shape index (κ1) is 13.8. The molecule has 1 aromatic rings. The van der Waals surface area contributed by atoms with Gasteiger partial charge in [0.25, 0.3) is 5.91 Å². The Labute approximate surface area is 124 Å². The molecule has 2 aliphatic rings. The molecule has 0 spiro atoms. The highest BCUT2D eigenvalue weighted by atomic mass is 16.6. The number of rotatable bonds is 3. The van der Waals surface area contributed by atoms with E-state index in [0.29, 0.717) is 13.2 Å². The van der Waals surface area contributed by atoms with Gasteiger partial charge in [-0.3, -0.25) is 4.79 Å². The molecule has 2 aliphatic heterocycles. The molecule has 0 aromatic heterocycles. The molecule has 2 heterocycles. The standard InChI is InChI=1S/C16H20N2O3/c19-16(15-12-20-10-11-21-15)17-13-4-6-14(7-5-13)18-8-2-1-3-9-18/h4-7,12H,1-3,8-11H2,(H,17,19). The van der Waals surface area contributed by atoms with E-state index in [-0.39, 0.29) is 11.7 Å². The minimum Gasteiger partial charge on any atom is -0.494 e. The lowest BCUT2D eigenvalue weighted by Gasteiger charge is -2.28. The predicted octanol–water partition coefficient (Wildman–Crippen LogP) is 2.50. The van der Waals surface area contributed by atoms with Crippen LogP contribution in [0.1, 0.15) is 19.3 Å². The Hall–Kier alpha value is -2.17. The Bertz CT molecular complexity index is 519. The molecule has 1 fully saturated rings. The summed E-state index contributed by atoms with van der Waals surface area (Å²) in [5.41, 5.74) is 1.97. The van der Waals surface area contributed by atoms with Gasteiger partial charge in [-0.2, -0.15) is 0 Å². The summed E-state index contributed by atoms with van der Waals surface area (Å²) in [7, 11) is 0. The van der Waals surface area contributed by atoms with Crippen LogP contribution in [0.3, 0.4) is 0 Å². The molecule has 0 radical (unpaired) electrons. The van der Waals surface area contributed by atoms with Crippen molar-refractivity contribution in [1.29, 1.82) is 0 Å². The average molecular weight is 288 g/mol. The highest BCUT2D eigenvalue weighted by Gasteiger charge is 2.15.